The van der Waals surface area contributed by atoms with Crippen LogP contribution in [0.5, 0.6) is 0 Å². The van der Waals surface area contributed by atoms with E-state index in [0.717, 1.165) is 50.2 Å². The maximum atomic E-state index is 12.3. The van der Waals surface area contributed by atoms with Gasteiger partial charge >= 0.3 is 29.7 Å². The van der Waals surface area contributed by atoms with Crippen molar-refractivity contribution in [3.8, 4) is 0 Å². The minimum absolute atomic E-state index is 0.245. The second kappa shape index (κ2) is 30.1. The molecule has 0 saturated carbocycles. The summed E-state index contributed by atoms with van der Waals surface area (Å²) in [5.74, 6) is 0. The standard InChI is InChI=1S/C36H72N10O8Si2/c1-7-49-55(50-8-2,51-9-3)27-21-23-37-35(47)39-29-33-31-45(43-41-33)25-19-17-15-13-14-16-18-20-26-46-32-34(42-44-46)30-40-36(48)38-24-22-28-56(52-10-4,53-11-5)54-12-6/h31-32H,7-30H2,1-6H3,(H2,37,39,47)(H2,38,40,48). The van der Waals surface area contributed by atoms with Crippen LogP contribution in [0.3, 0.4) is 0 Å². The van der Waals surface area contributed by atoms with E-state index in [1.54, 1.807) is 0 Å². The average molecular weight is 829 g/mol. The maximum absolute atomic E-state index is 12.3. The summed E-state index contributed by atoms with van der Waals surface area (Å²) in [7, 11) is -5.40. The summed E-state index contributed by atoms with van der Waals surface area (Å²) < 4.78 is 38.9. The molecule has 0 atom stereocenters. The molecule has 4 N–H and O–H groups in total. The summed E-state index contributed by atoms with van der Waals surface area (Å²) in [5.41, 5.74) is 1.46. The number of carbonyl (C=O) groups is 2. The Kier molecular flexibility index (Phi) is 26.5. The van der Waals surface area contributed by atoms with Gasteiger partial charge in [-0.3, -0.25) is 9.36 Å². The third-order valence-corrected chi connectivity index (χ3v) is 14.9. The number of nitrogens with one attached hydrogen (secondary N) is 4. The highest BCUT2D eigenvalue weighted by molar-refractivity contribution is 6.61. The lowest BCUT2D eigenvalue weighted by molar-refractivity contribution is 0.0700. The monoisotopic (exact) mass is 829 g/mol. The molecular formula is C36H72N10O8Si2. The Hall–Kier alpha value is -2.99. The van der Waals surface area contributed by atoms with Gasteiger partial charge in [0.1, 0.15) is 11.4 Å². The zero-order chi connectivity index (χ0) is 40.7. The minimum atomic E-state index is -2.70. The van der Waals surface area contributed by atoms with Crippen molar-refractivity contribution in [2.75, 3.05) is 52.7 Å². The van der Waals surface area contributed by atoms with Crippen LogP contribution in [0, 0.1) is 0 Å². The van der Waals surface area contributed by atoms with Gasteiger partial charge in [0.05, 0.1) is 25.5 Å². The van der Waals surface area contributed by atoms with Crippen LogP contribution in [0.25, 0.3) is 0 Å². The third-order valence-electron chi connectivity index (χ3n) is 8.63. The van der Waals surface area contributed by atoms with Gasteiger partial charge in [0.25, 0.3) is 0 Å². The summed E-state index contributed by atoms with van der Waals surface area (Å²) in [6.07, 6.45) is 14.4. The Morgan fingerprint density at radius 2 is 0.821 bits per heavy atom. The Morgan fingerprint density at radius 3 is 1.14 bits per heavy atom. The zero-order valence-corrected chi connectivity index (χ0v) is 37.1. The Labute approximate surface area is 336 Å². The van der Waals surface area contributed by atoms with Gasteiger partial charge in [-0.15, -0.1) is 10.2 Å². The van der Waals surface area contributed by atoms with Gasteiger partial charge in [0, 0.05) is 77.9 Å². The number of urea groups is 2. The van der Waals surface area contributed by atoms with E-state index in [4.69, 9.17) is 26.6 Å². The van der Waals surface area contributed by atoms with Gasteiger partial charge in [0.2, 0.25) is 0 Å². The molecule has 20 heteroatoms. The van der Waals surface area contributed by atoms with Crippen molar-refractivity contribution in [1.29, 1.82) is 0 Å². The van der Waals surface area contributed by atoms with Crippen LogP contribution in [0.15, 0.2) is 12.4 Å². The molecule has 56 heavy (non-hydrogen) atoms. The molecule has 18 nitrogen and oxygen atoms in total. The summed E-state index contributed by atoms with van der Waals surface area (Å²) in [6.45, 7) is 18.1. The topological polar surface area (TPSA) is 199 Å². The van der Waals surface area contributed by atoms with Gasteiger partial charge in [-0.05, 0) is 67.2 Å². The molecule has 0 saturated heterocycles. The van der Waals surface area contributed by atoms with E-state index < -0.39 is 17.6 Å². The van der Waals surface area contributed by atoms with Gasteiger partial charge in [-0.2, -0.15) is 0 Å². The molecule has 2 aromatic heterocycles. The fourth-order valence-corrected chi connectivity index (χ4v) is 11.4. The van der Waals surface area contributed by atoms with Crippen molar-refractivity contribution in [2.45, 2.75) is 144 Å². The summed E-state index contributed by atoms with van der Waals surface area (Å²) in [6, 6.07) is 0.814. The van der Waals surface area contributed by atoms with Crippen LogP contribution in [-0.4, -0.2) is 112 Å². The lowest BCUT2D eigenvalue weighted by Crippen LogP contribution is -2.46. The molecule has 2 aromatic rings. The van der Waals surface area contributed by atoms with E-state index in [1.165, 1.54) is 25.7 Å². The van der Waals surface area contributed by atoms with Crippen molar-refractivity contribution in [1.82, 2.24) is 51.3 Å². The van der Waals surface area contributed by atoms with E-state index >= 15 is 0 Å². The molecule has 0 bridgehead atoms. The molecule has 2 heterocycles. The molecule has 0 fully saturated rings. The molecule has 2 rings (SSSR count). The second-order valence-corrected chi connectivity index (χ2v) is 18.6. The Morgan fingerprint density at radius 1 is 0.500 bits per heavy atom. The molecular weight excluding hydrogens is 757 g/mol. The van der Waals surface area contributed by atoms with E-state index in [1.807, 2.05) is 63.3 Å². The number of hydrogen-bond donors (Lipinski definition) is 4. The highest BCUT2D eigenvalue weighted by Crippen LogP contribution is 2.19. The van der Waals surface area contributed by atoms with Crippen molar-refractivity contribution < 1.29 is 36.1 Å². The maximum Gasteiger partial charge on any atom is 0.500 e. The van der Waals surface area contributed by atoms with Crippen molar-refractivity contribution in [3.63, 3.8) is 0 Å². The minimum Gasteiger partial charge on any atom is -0.374 e. The predicted molar refractivity (Wildman–Crippen MR) is 218 cm³/mol. The molecule has 0 aromatic carbocycles. The number of nitrogens with zero attached hydrogens (tertiary/aromatic N) is 6. The average Bonchev–Trinajstić information content (AvgIpc) is 3.84. The molecule has 0 spiro atoms. The lowest BCUT2D eigenvalue weighted by Gasteiger charge is -2.28. The van der Waals surface area contributed by atoms with E-state index in [0.29, 0.717) is 90.8 Å². The van der Waals surface area contributed by atoms with Crippen molar-refractivity contribution in [3.05, 3.63) is 23.8 Å². The summed E-state index contributed by atoms with van der Waals surface area (Å²) >= 11 is 0. The van der Waals surface area contributed by atoms with E-state index in [9.17, 15) is 9.59 Å². The number of aryl methyl sites for hydroxylation is 2. The number of rotatable bonds is 35. The van der Waals surface area contributed by atoms with E-state index in [-0.39, 0.29) is 12.1 Å². The first-order chi connectivity index (χ1) is 27.3. The van der Waals surface area contributed by atoms with Crippen LogP contribution < -0.4 is 21.3 Å². The van der Waals surface area contributed by atoms with Gasteiger partial charge < -0.3 is 47.8 Å². The normalized spacial score (nSPS) is 11.9. The highest BCUT2D eigenvalue weighted by Gasteiger charge is 2.40. The van der Waals surface area contributed by atoms with Gasteiger partial charge in [-0.25, -0.2) is 9.59 Å². The number of aromatic nitrogens is 6. The SMILES string of the molecule is CCO[Si](CCCNC(=O)NCc1cn(CCCCCCCCCCn2cc(CNC(=O)NCCC[Si](OCC)(OCC)OCC)nn2)nn1)(OCC)OCC. The first-order valence-corrected chi connectivity index (χ1v) is 24.8. The van der Waals surface area contributed by atoms with Gasteiger partial charge in [-0.1, -0.05) is 49.0 Å². The fourth-order valence-electron chi connectivity index (χ4n) is 6.15. The fraction of sp³-hybridized carbons (Fsp3) is 0.833. The smallest absolute Gasteiger partial charge is 0.374 e. The van der Waals surface area contributed by atoms with Gasteiger partial charge in [0.15, 0.2) is 0 Å². The predicted octanol–water partition coefficient (Wildman–Crippen LogP) is 5.17. The molecule has 0 aliphatic rings. The lowest BCUT2D eigenvalue weighted by atomic mass is 10.1. The Balaban J connectivity index is 1.47. The van der Waals surface area contributed by atoms with Crippen molar-refractivity contribution in [2.24, 2.45) is 0 Å². The molecule has 0 unspecified atom stereocenters. The van der Waals surface area contributed by atoms with Crippen LogP contribution in [-0.2, 0) is 52.7 Å². The van der Waals surface area contributed by atoms with Crippen LogP contribution in [0.1, 0.15) is 117 Å². The molecule has 0 aliphatic carbocycles. The molecule has 322 valence electrons. The van der Waals surface area contributed by atoms with Crippen LogP contribution in [0.4, 0.5) is 9.59 Å². The first-order valence-electron chi connectivity index (χ1n) is 20.9. The zero-order valence-electron chi connectivity index (χ0n) is 35.1. The number of carbonyl (C=O) groups excluding carboxylic acids is 2. The number of amides is 4. The molecule has 4 amide bonds. The largest absolute Gasteiger partial charge is 0.500 e. The van der Waals surface area contributed by atoms with E-state index in [2.05, 4.69) is 41.9 Å². The third kappa shape index (κ3) is 21.0. The van der Waals surface area contributed by atoms with Crippen LogP contribution >= 0.6 is 0 Å². The van der Waals surface area contributed by atoms with Crippen LogP contribution in [0.2, 0.25) is 12.1 Å². The first kappa shape index (κ1) is 49.2. The second-order valence-electron chi connectivity index (χ2n) is 13.2. The highest BCUT2D eigenvalue weighted by atomic mass is 28.4. The number of unbranched alkanes of at least 4 members (excludes halogenated alkanes) is 7. The number of hydrogen-bond acceptors (Lipinski definition) is 12. The summed E-state index contributed by atoms with van der Waals surface area (Å²) in [5, 5.41) is 28.3. The van der Waals surface area contributed by atoms with Crippen molar-refractivity contribution >= 4 is 29.7 Å². The molecule has 0 radical (unpaired) electrons. The quantitative estimate of drug-likeness (QED) is 0.0526. The molecule has 0 aliphatic heterocycles. The summed E-state index contributed by atoms with van der Waals surface area (Å²) in [4.78, 5) is 24.6. The Bertz CT molecular complexity index is 1180.